The van der Waals surface area contributed by atoms with Crippen LogP contribution in [0.3, 0.4) is 0 Å². The molecule has 6 rings (SSSR count). The first-order valence-corrected chi connectivity index (χ1v) is 27.0. The van der Waals surface area contributed by atoms with Gasteiger partial charge < -0.3 is 15.3 Å². The van der Waals surface area contributed by atoms with Crippen LogP contribution in [0, 0.1) is 23.3 Å². The number of aromatic carboxylic acids is 1. The summed E-state index contributed by atoms with van der Waals surface area (Å²) in [7, 11) is -3.67. The molecule has 0 aliphatic rings. The molecular formula is C57H54Cl2F16N2O6S. The molecule has 0 saturated carbocycles. The lowest BCUT2D eigenvalue weighted by atomic mass is 9.87. The molecule has 0 fully saturated rings. The molecule has 0 aliphatic heterocycles. The zero-order valence-electron chi connectivity index (χ0n) is 45.3. The van der Waals surface area contributed by atoms with Gasteiger partial charge >= 0.3 is 30.7 Å². The Morgan fingerprint density at radius 1 is 0.500 bits per heavy atom. The van der Waals surface area contributed by atoms with Gasteiger partial charge in [-0.2, -0.15) is 61.1 Å². The van der Waals surface area contributed by atoms with Crippen LogP contribution in [0.2, 0.25) is 10.0 Å². The van der Waals surface area contributed by atoms with E-state index in [1.807, 2.05) is 32.9 Å². The van der Waals surface area contributed by atoms with Crippen molar-refractivity contribution in [2.24, 2.45) is 0 Å². The molecular weight excluding hydrogens is 1220 g/mol. The highest BCUT2D eigenvalue weighted by atomic mass is 35.5. The van der Waals surface area contributed by atoms with Gasteiger partial charge in [-0.05, 0) is 124 Å². The average molecular weight is 1270 g/mol. The zero-order valence-corrected chi connectivity index (χ0v) is 47.6. The molecule has 8 nitrogen and oxygen atoms in total. The first kappa shape index (κ1) is 71.9. The summed E-state index contributed by atoms with van der Waals surface area (Å²) in [5.41, 5.74) is -2.90. The summed E-state index contributed by atoms with van der Waals surface area (Å²) in [6.45, 7) is 12.9. The minimum atomic E-state index is -4.92. The van der Waals surface area contributed by atoms with Crippen molar-refractivity contribution in [2.45, 2.75) is 103 Å². The summed E-state index contributed by atoms with van der Waals surface area (Å²) >= 11 is 10.8. The van der Waals surface area contributed by atoms with Crippen molar-refractivity contribution in [3.05, 3.63) is 209 Å². The van der Waals surface area contributed by atoms with Crippen molar-refractivity contribution < 1.29 is 97.9 Å². The number of hydrogen-bond acceptors (Lipinski definition) is 5. The molecule has 0 radical (unpaired) electrons. The number of carbonyl (C=O) groups excluding carboxylic acids is 1. The molecule has 0 heterocycles. The Morgan fingerprint density at radius 2 is 0.845 bits per heavy atom. The predicted molar refractivity (Wildman–Crippen MR) is 284 cm³/mol. The van der Waals surface area contributed by atoms with Gasteiger partial charge in [-0.3, -0.25) is 9.35 Å². The molecule has 460 valence electrons. The SMILES string of the molecule is CC(C)(C)c1ccc(CN(CCc2cc(F)cc(C(F)(F)F)c2)C(=O)c2cc(C(F)(F)F)cc(Cl)c2F)cc1.CC(C)(C)c1ccc(CNCCc2cc(F)cc(C(F)(F)F)c2)cc1.CS(=O)(=O)O.O=C(O)c1cc(C(F)(F)F)cc(Cl)c1F. The Bertz CT molecular complexity index is 3330. The Hall–Kier alpha value is -6.41. The van der Waals surface area contributed by atoms with E-state index in [-0.39, 0.29) is 42.0 Å². The zero-order chi connectivity index (χ0) is 64.3. The Balaban J connectivity index is 0.000000348. The molecule has 0 aromatic heterocycles. The standard InChI is InChI=1S/C28H24ClF8NO.C20H23F4N.C8H3ClF4O2.CH4O3S/c1-26(2,3)18-6-4-16(5-7-18)15-38(9-8-17-10-19(27(32,33)34)12-21(30)11-17)25(39)22-13-20(28(35,36)37)14-23(29)24(22)31;1-19(2,3)16-6-4-14(5-7-16)13-25-9-8-15-10-17(20(22,23)24)12-18(21)11-15;9-5-2-3(8(11,12)13)1-4(6(5)10)7(14)15;1-5(2,3)4/h4-7,10-14H,8-9,15H2,1-3H3;4-7,10-12,25H,8-9,13H2,1-3H3;1-2H,(H,14,15);1H3,(H,2,3,4). The minimum absolute atomic E-state index is 0.0968. The summed E-state index contributed by atoms with van der Waals surface area (Å²) in [4.78, 5) is 24.7. The Morgan fingerprint density at radius 3 is 1.21 bits per heavy atom. The summed E-state index contributed by atoms with van der Waals surface area (Å²) in [5, 5.41) is 9.81. The van der Waals surface area contributed by atoms with Gasteiger partial charge in [-0.15, -0.1) is 0 Å². The van der Waals surface area contributed by atoms with Crippen LogP contribution in [0.25, 0.3) is 0 Å². The number of alkyl halides is 12. The summed E-state index contributed by atoms with van der Waals surface area (Å²) < 4.78 is 235. The molecule has 84 heavy (non-hydrogen) atoms. The predicted octanol–water partition coefficient (Wildman–Crippen LogP) is 17.0. The fourth-order valence-electron chi connectivity index (χ4n) is 7.34. The molecule has 6 aromatic carbocycles. The molecule has 27 heteroatoms. The van der Waals surface area contributed by atoms with E-state index in [0.29, 0.717) is 73.3 Å². The van der Waals surface area contributed by atoms with Crippen molar-refractivity contribution >= 4 is 45.2 Å². The van der Waals surface area contributed by atoms with E-state index in [0.717, 1.165) is 34.2 Å². The van der Waals surface area contributed by atoms with E-state index < -0.39 is 113 Å². The van der Waals surface area contributed by atoms with Crippen LogP contribution in [0.4, 0.5) is 70.2 Å². The Labute approximate surface area is 483 Å². The topological polar surface area (TPSA) is 124 Å². The van der Waals surface area contributed by atoms with Gasteiger partial charge in [0.05, 0.1) is 49.7 Å². The number of rotatable bonds is 12. The second-order valence-corrected chi connectivity index (χ2v) is 22.9. The first-order chi connectivity index (χ1) is 38.1. The van der Waals surface area contributed by atoms with E-state index in [1.54, 1.807) is 24.3 Å². The Kier molecular flexibility index (Phi) is 24.5. The van der Waals surface area contributed by atoms with Crippen LogP contribution >= 0.6 is 23.2 Å². The van der Waals surface area contributed by atoms with Gasteiger partial charge in [0, 0.05) is 19.6 Å². The molecule has 0 atom stereocenters. The van der Waals surface area contributed by atoms with Crippen LogP contribution in [0.1, 0.15) is 118 Å². The van der Waals surface area contributed by atoms with Crippen molar-refractivity contribution in [1.82, 2.24) is 10.2 Å². The van der Waals surface area contributed by atoms with Gasteiger partial charge in [-0.25, -0.2) is 22.4 Å². The van der Waals surface area contributed by atoms with E-state index in [4.69, 9.17) is 32.9 Å². The van der Waals surface area contributed by atoms with Crippen LogP contribution in [-0.4, -0.2) is 54.2 Å². The monoisotopic (exact) mass is 1270 g/mol. The lowest BCUT2D eigenvalue weighted by Crippen LogP contribution is -2.33. The first-order valence-electron chi connectivity index (χ1n) is 24.4. The van der Waals surface area contributed by atoms with Crippen molar-refractivity contribution in [1.29, 1.82) is 0 Å². The summed E-state index contributed by atoms with van der Waals surface area (Å²) in [6, 6.07) is 21.0. The third-order valence-corrected chi connectivity index (χ3v) is 12.2. The molecule has 0 spiro atoms. The number of nitrogens with one attached hydrogen (secondary N) is 1. The quantitative estimate of drug-likeness (QED) is 0.0633. The largest absolute Gasteiger partial charge is 0.478 e. The van der Waals surface area contributed by atoms with Crippen molar-refractivity contribution in [3.63, 3.8) is 0 Å². The van der Waals surface area contributed by atoms with Gasteiger partial charge in [0.1, 0.15) is 11.6 Å². The van der Waals surface area contributed by atoms with E-state index >= 15 is 0 Å². The maximum Gasteiger partial charge on any atom is 0.416 e. The second-order valence-electron chi connectivity index (χ2n) is 20.7. The maximum atomic E-state index is 14.8. The van der Waals surface area contributed by atoms with Crippen LogP contribution in [-0.2, 0) is 71.6 Å². The molecule has 0 saturated heterocycles. The smallest absolute Gasteiger partial charge is 0.416 e. The number of benzene rings is 6. The van der Waals surface area contributed by atoms with Gasteiger partial charge in [0.15, 0.2) is 11.6 Å². The number of hydrogen-bond donors (Lipinski definition) is 3. The average Bonchev–Trinajstić information content (AvgIpc) is 2.45. The highest BCUT2D eigenvalue weighted by Gasteiger charge is 2.36. The number of carboxylic acids is 1. The van der Waals surface area contributed by atoms with Gasteiger partial charge in [0.2, 0.25) is 0 Å². The molecule has 6 aromatic rings. The van der Waals surface area contributed by atoms with Crippen LogP contribution < -0.4 is 5.32 Å². The third-order valence-electron chi connectivity index (χ3n) is 11.6. The summed E-state index contributed by atoms with van der Waals surface area (Å²) in [6.07, 6.45) is -18.3. The van der Waals surface area contributed by atoms with Crippen molar-refractivity contribution in [2.75, 3.05) is 19.3 Å². The number of halogens is 18. The molecule has 0 unspecified atom stereocenters. The third kappa shape index (κ3) is 23.6. The number of nitrogens with zero attached hydrogens (tertiary/aromatic N) is 1. The molecule has 1 amide bonds. The van der Waals surface area contributed by atoms with E-state index in [1.165, 1.54) is 5.56 Å². The highest BCUT2D eigenvalue weighted by molar-refractivity contribution is 7.85. The highest BCUT2D eigenvalue weighted by Crippen LogP contribution is 2.37. The maximum absolute atomic E-state index is 14.8. The van der Waals surface area contributed by atoms with Gasteiger partial charge in [0.25, 0.3) is 16.0 Å². The second kappa shape index (κ2) is 28.7. The number of carboxylic acid groups (broad SMARTS) is 1. The van der Waals surface area contributed by atoms with E-state index in [2.05, 4.69) is 38.2 Å². The molecule has 0 aliphatic carbocycles. The van der Waals surface area contributed by atoms with Crippen LogP contribution in [0.5, 0.6) is 0 Å². The summed E-state index contributed by atoms with van der Waals surface area (Å²) in [5.74, 6) is -7.72. The minimum Gasteiger partial charge on any atom is -0.478 e. The van der Waals surface area contributed by atoms with Crippen molar-refractivity contribution in [3.8, 4) is 0 Å². The number of carbonyl (C=O) groups is 2. The van der Waals surface area contributed by atoms with Gasteiger partial charge in [-0.1, -0.05) is 113 Å². The molecule has 3 N–H and O–H groups in total. The normalized spacial score (nSPS) is 12.3. The lowest BCUT2D eigenvalue weighted by molar-refractivity contribution is -0.138. The lowest BCUT2D eigenvalue weighted by Gasteiger charge is -2.25. The number of amides is 1. The molecule has 0 bridgehead atoms. The van der Waals surface area contributed by atoms with E-state index in [9.17, 15) is 88.3 Å². The fourth-order valence-corrected chi connectivity index (χ4v) is 7.78. The van der Waals surface area contributed by atoms with Crippen LogP contribution in [0.15, 0.2) is 109 Å². The fraction of sp³-hybridized carbons (Fsp3) is 0.333.